The van der Waals surface area contributed by atoms with Gasteiger partial charge in [-0.25, -0.2) is 9.78 Å². The number of benzene rings is 2. The average molecular weight is 443 g/mol. The maximum absolute atomic E-state index is 13.1. The fraction of sp³-hybridized carbons (Fsp3) is 0.231. The van der Waals surface area contributed by atoms with Crippen molar-refractivity contribution in [3.8, 4) is 5.82 Å². The van der Waals surface area contributed by atoms with E-state index in [1.165, 1.54) is 10.9 Å². The monoisotopic (exact) mass is 442 g/mol. The van der Waals surface area contributed by atoms with Gasteiger partial charge in [0, 0.05) is 10.9 Å². The number of esters is 1. The number of hydrogen-bond donors (Lipinski definition) is 1. The zero-order valence-corrected chi connectivity index (χ0v) is 19.1. The molecule has 2 aromatic heterocycles. The van der Waals surface area contributed by atoms with Crippen molar-refractivity contribution in [3.05, 3.63) is 83.6 Å². The first-order chi connectivity index (χ1) is 15.8. The molecule has 0 bridgehead atoms. The van der Waals surface area contributed by atoms with E-state index in [0.717, 1.165) is 16.5 Å². The van der Waals surface area contributed by atoms with Gasteiger partial charge >= 0.3 is 5.97 Å². The van der Waals surface area contributed by atoms with E-state index in [1.807, 2.05) is 42.5 Å². The number of hydrogen-bond acceptors (Lipinski definition) is 5. The van der Waals surface area contributed by atoms with Crippen molar-refractivity contribution in [1.29, 1.82) is 0 Å². The van der Waals surface area contributed by atoms with Crippen LogP contribution in [-0.4, -0.2) is 33.2 Å². The Bertz CT molecular complexity index is 1320. The lowest BCUT2D eigenvalue weighted by atomic mass is 9.87. The Morgan fingerprint density at radius 1 is 1.00 bits per heavy atom. The normalized spacial score (nSPS) is 11.4. The molecule has 2 aromatic carbocycles. The maximum Gasteiger partial charge on any atom is 0.343 e. The molecule has 0 saturated carbocycles. The number of anilines is 1. The number of carbonyl (C=O) groups excluding carboxylic acids is 2. The van der Waals surface area contributed by atoms with E-state index in [2.05, 4.69) is 36.2 Å². The molecule has 0 atom stereocenters. The van der Waals surface area contributed by atoms with E-state index in [1.54, 1.807) is 25.1 Å². The molecule has 0 aliphatic heterocycles. The molecule has 0 unspecified atom stereocenters. The number of amides is 1. The highest BCUT2D eigenvalue weighted by molar-refractivity contribution is 6.07. The second-order valence-electron chi connectivity index (χ2n) is 8.68. The van der Waals surface area contributed by atoms with Crippen LogP contribution in [0.25, 0.3) is 16.7 Å². The van der Waals surface area contributed by atoms with Crippen molar-refractivity contribution < 1.29 is 14.3 Å². The first-order valence-electron chi connectivity index (χ1n) is 10.8. The summed E-state index contributed by atoms with van der Waals surface area (Å²) in [5, 5.41) is 8.14. The molecule has 0 aliphatic carbocycles. The Kier molecular flexibility index (Phi) is 5.96. The summed E-state index contributed by atoms with van der Waals surface area (Å²) in [5.41, 5.74) is 2.50. The van der Waals surface area contributed by atoms with Crippen LogP contribution < -0.4 is 5.32 Å². The van der Waals surface area contributed by atoms with Crippen LogP contribution >= 0.6 is 0 Å². The summed E-state index contributed by atoms with van der Waals surface area (Å²) < 4.78 is 6.61. The molecule has 7 heteroatoms. The molecule has 0 aliphatic rings. The largest absolute Gasteiger partial charge is 0.462 e. The topological polar surface area (TPSA) is 86.1 Å². The number of para-hydroxylation sites is 1. The fourth-order valence-corrected chi connectivity index (χ4v) is 3.48. The van der Waals surface area contributed by atoms with E-state index in [-0.39, 0.29) is 29.3 Å². The van der Waals surface area contributed by atoms with E-state index < -0.39 is 5.97 Å². The predicted octanol–water partition coefficient (Wildman–Crippen LogP) is 5.15. The molecule has 4 aromatic rings. The van der Waals surface area contributed by atoms with Crippen molar-refractivity contribution in [1.82, 2.24) is 14.8 Å². The van der Waals surface area contributed by atoms with Gasteiger partial charge in [-0.05, 0) is 48.2 Å². The van der Waals surface area contributed by atoms with Crippen LogP contribution in [0.4, 0.5) is 5.82 Å². The minimum absolute atomic E-state index is 0.0214. The third kappa shape index (κ3) is 4.62. The molecular weight excluding hydrogens is 416 g/mol. The van der Waals surface area contributed by atoms with Crippen molar-refractivity contribution in [2.24, 2.45) is 0 Å². The zero-order chi connectivity index (χ0) is 23.6. The van der Waals surface area contributed by atoms with E-state index in [4.69, 9.17) is 4.74 Å². The van der Waals surface area contributed by atoms with E-state index in [0.29, 0.717) is 11.4 Å². The molecule has 7 nitrogen and oxygen atoms in total. The highest BCUT2D eigenvalue weighted by atomic mass is 16.5. The van der Waals surface area contributed by atoms with Crippen LogP contribution in [0.5, 0.6) is 0 Å². The van der Waals surface area contributed by atoms with E-state index >= 15 is 0 Å². The second-order valence-corrected chi connectivity index (χ2v) is 8.68. The first kappa shape index (κ1) is 22.2. The summed E-state index contributed by atoms with van der Waals surface area (Å²) >= 11 is 0. The van der Waals surface area contributed by atoms with Crippen LogP contribution in [-0.2, 0) is 10.2 Å². The highest BCUT2D eigenvalue weighted by Gasteiger charge is 2.23. The van der Waals surface area contributed by atoms with Crippen LogP contribution in [0.1, 0.15) is 54.0 Å². The molecule has 33 heavy (non-hydrogen) atoms. The lowest BCUT2D eigenvalue weighted by Gasteiger charge is -2.19. The number of carbonyl (C=O) groups is 2. The summed E-state index contributed by atoms with van der Waals surface area (Å²) in [6.07, 6.45) is 1.38. The lowest BCUT2D eigenvalue weighted by molar-refractivity contribution is 0.0527. The van der Waals surface area contributed by atoms with Gasteiger partial charge in [-0.1, -0.05) is 51.1 Å². The standard InChI is InChI=1S/C26H26N4O3/c1-5-33-25(32)20-16-27-30(22-15-12-17-8-6-7-9-21(17)28-22)23(20)29-24(31)18-10-13-19(14-11-18)26(2,3)4/h6-16H,5H2,1-4H3,(H,29,31). The quantitative estimate of drug-likeness (QED) is 0.432. The Labute approximate surface area is 192 Å². The van der Waals surface area contributed by atoms with Gasteiger partial charge in [0.2, 0.25) is 0 Å². The summed E-state index contributed by atoms with van der Waals surface area (Å²) in [4.78, 5) is 30.3. The third-order valence-electron chi connectivity index (χ3n) is 5.31. The van der Waals surface area contributed by atoms with Gasteiger partial charge in [0.25, 0.3) is 5.91 Å². The number of nitrogens with zero attached hydrogens (tertiary/aromatic N) is 3. The number of aromatic nitrogens is 3. The molecule has 1 N–H and O–H groups in total. The number of pyridine rings is 1. The Morgan fingerprint density at radius 3 is 2.42 bits per heavy atom. The van der Waals surface area contributed by atoms with Crippen LogP contribution in [0.15, 0.2) is 66.9 Å². The number of ether oxygens (including phenoxy) is 1. The number of nitrogens with one attached hydrogen (secondary N) is 1. The Morgan fingerprint density at radius 2 is 1.73 bits per heavy atom. The zero-order valence-electron chi connectivity index (χ0n) is 19.1. The smallest absolute Gasteiger partial charge is 0.343 e. The van der Waals surface area contributed by atoms with Crippen molar-refractivity contribution in [2.75, 3.05) is 11.9 Å². The van der Waals surface area contributed by atoms with Gasteiger partial charge in [0.05, 0.1) is 18.3 Å². The summed E-state index contributed by atoms with van der Waals surface area (Å²) in [5.74, 6) is -0.241. The van der Waals surface area contributed by atoms with E-state index in [9.17, 15) is 9.59 Å². The minimum atomic E-state index is -0.567. The molecular formula is C26H26N4O3. The summed E-state index contributed by atoms with van der Waals surface area (Å²) in [6.45, 7) is 8.27. The Hall–Kier alpha value is -4.00. The predicted molar refractivity (Wildman–Crippen MR) is 128 cm³/mol. The fourth-order valence-electron chi connectivity index (χ4n) is 3.48. The molecule has 0 spiro atoms. The van der Waals surface area contributed by atoms with Crippen LogP contribution in [0, 0.1) is 0 Å². The maximum atomic E-state index is 13.1. The summed E-state index contributed by atoms with van der Waals surface area (Å²) in [7, 11) is 0. The number of rotatable bonds is 5. The second kappa shape index (κ2) is 8.86. The van der Waals surface area contributed by atoms with Crippen molar-refractivity contribution in [3.63, 3.8) is 0 Å². The van der Waals surface area contributed by atoms with Crippen molar-refractivity contribution in [2.45, 2.75) is 33.1 Å². The SMILES string of the molecule is CCOC(=O)c1cnn(-c2ccc3ccccc3n2)c1NC(=O)c1ccc(C(C)(C)C)cc1. The van der Waals surface area contributed by atoms with Crippen LogP contribution in [0.3, 0.4) is 0 Å². The van der Waals surface area contributed by atoms with Gasteiger partial charge < -0.3 is 10.1 Å². The third-order valence-corrected chi connectivity index (χ3v) is 5.31. The van der Waals surface area contributed by atoms with Gasteiger partial charge in [-0.3, -0.25) is 4.79 Å². The van der Waals surface area contributed by atoms with Crippen LogP contribution in [0.2, 0.25) is 0 Å². The average Bonchev–Trinajstić information content (AvgIpc) is 3.22. The Balaban J connectivity index is 1.72. The van der Waals surface area contributed by atoms with Gasteiger partial charge in [0.1, 0.15) is 5.56 Å². The van der Waals surface area contributed by atoms with Crippen molar-refractivity contribution >= 4 is 28.6 Å². The lowest BCUT2D eigenvalue weighted by Crippen LogP contribution is -2.19. The molecule has 1 amide bonds. The van der Waals surface area contributed by atoms with Gasteiger partial charge in [0.15, 0.2) is 11.6 Å². The summed E-state index contributed by atoms with van der Waals surface area (Å²) in [6, 6.07) is 18.8. The molecule has 0 radical (unpaired) electrons. The molecule has 168 valence electrons. The molecule has 2 heterocycles. The molecule has 4 rings (SSSR count). The minimum Gasteiger partial charge on any atom is -0.462 e. The first-order valence-corrected chi connectivity index (χ1v) is 10.8. The van der Waals surface area contributed by atoms with Gasteiger partial charge in [-0.2, -0.15) is 9.78 Å². The van der Waals surface area contributed by atoms with Gasteiger partial charge in [-0.15, -0.1) is 0 Å². The molecule has 0 fully saturated rings. The highest BCUT2D eigenvalue weighted by Crippen LogP contribution is 2.25. The molecule has 0 saturated heterocycles. The number of fused-ring (bicyclic) bond motifs is 1.